The molecule has 0 saturated heterocycles. The monoisotopic (exact) mass is 347 g/mol. The van der Waals surface area contributed by atoms with Crippen molar-refractivity contribution in [3.63, 3.8) is 0 Å². The molecule has 0 aliphatic rings. The smallest absolute Gasteiger partial charge is 0.244 e. The Morgan fingerprint density at radius 2 is 2.00 bits per heavy atom. The highest BCUT2D eigenvalue weighted by Gasteiger charge is 2.21. The summed E-state index contributed by atoms with van der Waals surface area (Å²) in [5.41, 5.74) is 1.80. The van der Waals surface area contributed by atoms with Crippen molar-refractivity contribution in [2.75, 3.05) is 6.54 Å². The average molecular weight is 348 g/mol. The van der Waals surface area contributed by atoms with Crippen LogP contribution >= 0.6 is 23.2 Å². The third kappa shape index (κ3) is 3.77. The van der Waals surface area contributed by atoms with Gasteiger partial charge in [0.15, 0.2) is 0 Å². The van der Waals surface area contributed by atoms with Crippen molar-refractivity contribution >= 4 is 33.2 Å². The van der Waals surface area contributed by atoms with Crippen LogP contribution in [0.25, 0.3) is 0 Å². The first-order chi connectivity index (χ1) is 9.81. The van der Waals surface area contributed by atoms with Crippen molar-refractivity contribution < 1.29 is 8.42 Å². The lowest BCUT2D eigenvalue weighted by atomic mass is 10.1. The van der Waals surface area contributed by atoms with Crippen LogP contribution in [0.3, 0.4) is 0 Å². The van der Waals surface area contributed by atoms with E-state index < -0.39 is 10.0 Å². The number of hydrogen-bond acceptors (Lipinski definition) is 3. The number of rotatable bonds is 5. The summed E-state index contributed by atoms with van der Waals surface area (Å²) in [5, 5.41) is 7.63. The lowest BCUT2D eigenvalue weighted by Gasteiger charge is -2.08. The Kier molecular flexibility index (Phi) is 4.93. The lowest BCUT2D eigenvalue weighted by Crippen LogP contribution is -2.27. The van der Waals surface area contributed by atoms with Gasteiger partial charge in [-0.3, -0.25) is 5.10 Å². The van der Waals surface area contributed by atoms with Crippen molar-refractivity contribution in [1.82, 2.24) is 14.9 Å². The molecule has 0 amide bonds. The third-order valence-corrected chi connectivity index (χ3v) is 5.34. The Labute approximate surface area is 133 Å². The number of benzene rings is 1. The van der Waals surface area contributed by atoms with Gasteiger partial charge in [0.05, 0.1) is 11.4 Å². The first-order valence-corrected chi connectivity index (χ1v) is 8.50. The van der Waals surface area contributed by atoms with Crippen molar-refractivity contribution in [2.24, 2.45) is 0 Å². The maximum atomic E-state index is 12.2. The van der Waals surface area contributed by atoms with Gasteiger partial charge in [0.2, 0.25) is 10.0 Å². The van der Waals surface area contributed by atoms with Gasteiger partial charge in [-0.2, -0.15) is 5.10 Å². The third-order valence-electron chi connectivity index (χ3n) is 3.03. The maximum absolute atomic E-state index is 12.2. The van der Waals surface area contributed by atoms with Gasteiger partial charge in [0.1, 0.15) is 4.90 Å². The van der Waals surface area contributed by atoms with Crippen LogP contribution in [0.15, 0.2) is 23.1 Å². The minimum Gasteiger partial charge on any atom is -0.281 e. The number of hydrogen-bond donors (Lipinski definition) is 2. The summed E-state index contributed by atoms with van der Waals surface area (Å²) in [6.07, 6.45) is 0.477. The van der Waals surface area contributed by atoms with E-state index in [4.69, 9.17) is 23.2 Å². The minimum atomic E-state index is -3.58. The minimum absolute atomic E-state index is 0.199. The highest BCUT2D eigenvalue weighted by molar-refractivity contribution is 7.89. The van der Waals surface area contributed by atoms with E-state index in [1.54, 1.807) is 32.0 Å². The van der Waals surface area contributed by atoms with Crippen molar-refractivity contribution in [1.29, 1.82) is 0 Å². The lowest BCUT2D eigenvalue weighted by molar-refractivity contribution is 0.580. The van der Waals surface area contributed by atoms with Crippen LogP contribution in [0.1, 0.15) is 17.0 Å². The topological polar surface area (TPSA) is 74.8 Å². The molecule has 2 N–H and O–H groups in total. The van der Waals surface area contributed by atoms with Gasteiger partial charge in [-0.15, -0.1) is 0 Å². The van der Waals surface area contributed by atoms with Gasteiger partial charge in [-0.25, -0.2) is 13.1 Å². The molecule has 0 saturated carbocycles. The number of H-pyrrole nitrogens is 1. The molecule has 0 aliphatic carbocycles. The zero-order valence-electron chi connectivity index (χ0n) is 11.6. The summed E-state index contributed by atoms with van der Waals surface area (Å²) in [4.78, 5) is 0.199. The molecule has 0 aliphatic heterocycles. The number of nitrogens with one attached hydrogen (secondary N) is 2. The predicted molar refractivity (Wildman–Crippen MR) is 83.4 cm³/mol. The van der Waals surface area contributed by atoms with Crippen LogP contribution in [0.2, 0.25) is 10.0 Å². The molecule has 1 aromatic heterocycles. The summed E-state index contributed by atoms with van der Waals surface area (Å²) >= 11 is 11.9. The molecular weight excluding hydrogens is 333 g/mol. The molecule has 114 valence electrons. The summed E-state index contributed by atoms with van der Waals surface area (Å²) in [6.45, 7) is 3.56. The summed E-state index contributed by atoms with van der Waals surface area (Å²) < 4.78 is 27.0. The molecule has 2 aromatic rings. The number of halogens is 2. The van der Waals surface area contributed by atoms with Crippen LogP contribution in [0.5, 0.6) is 0 Å². The Bertz CT molecular complexity index is 737. The van der Waals surface area contributed by atoms with E-state index in [9.17, 15) is 8.42 Å². The van der Waals surface area contributed by atoms with Crippen LogP contribution in [0.4, 0.5) is 0 Å². The molecule has 2 rings (SSSR count). The molecule has 0 spiro atoms. The summed E-state index contributed by atoms with van der Waals surface area (Å²) in [6, 6.07) is 5.15. The fourth-order valence-corrected chi connectivity index (χ4v) is 3.95. The fourth-order valence-electron chi connectivity index (χ4n) is 2.05. The molecule has 1 heterocycles. The summed E-state index contributed by atoms with van der Waals surface area (Å²) in [7, 11) is -3.58. The molecular formula is C13H15Cl2N3O2S. The van der Waals surface area contributed by atoms with E-state index in [2.05, 4.69) is 14.9 Å². The second-order valence-corrected chi connectivity index (χ2v) is 7.19. The molecule has 0 atom stereocenters. The summed E-state index contributed by atoms with van der Waals surface area (Å²) in [5.74, 6) is 0. The largest absolute Gasteiger partial charge is 0.281 e. The number of aromatic nitrogens is 2. The molecule has 0 unspecified atom stereocenters. The van der Waals surface area contributed by atoms with Crippen LogP contribution in [0, 0.1) is 13.8 Å². The zero-order valence-corrected chi connectivity index (χ0v) is 13.9. The first kappa shape index (κ1) is 16.3. The Morgan fingerprint density at radius 1 is 1.29 bits per heavy atom. The predicted octanol–water partition coefficient (Wildman–Crippen LogP) is 2.85. The van der Waals surface area contributed by atoms with Gasteiger partial charge < -0.3 is 0 Å². The number of sulfonamides is 1. The number of aromatic amines is 1. The van der Waals surface area contributed by atoms with E-state index in [0.29, 0.717) is 27.9 Å². The highest BCUT2D eigenvalue weighted by atomic mass is 35.5. The molecule has 5 nitrogen and oxygen atoms in total. The highest BCUT2D eigenvalue weighted by Crippen LogP contribution is 2.21. The molecule has 0 radical (unpaired) electrons. The Morgan fingerprint density at radius 3 is 2.57 bits per heavy atom. The SMILES string of the molecule is Cc1n[nH]c(C)c1S(=O)(=O)NCCc1ccc(Cl)cc1Cl. The van der Waals surface area contributed by atoms with E-state index in [1.165, 1.54) is 0 Å². The van der Waals surface area contributed by atoms with Crippen molar-refractivity contribution in [3.05, 3.63) is 45.2 Å². The maximum Gasteiger partial charge on any atom is 0.244 e. The average Bonchev–Trinajstić information content (AvgIpc) is 2.72. The molecule has 21 heavy (non-hydrogen) atoms. The van der Waals surface area contributed by atoms with Crippen LogP contribution in [-0.2, 0) is 16.4 Å². The van der Waals surface area contributed by atoms with Gasteiger partial charge in [-0.05, 0) is 38.0 Å². The van der Waals surface area contributed by atoms with Crippen LogP contribution < -0.4 is 4.72 Å². The quantitative estimate of drug-likeness (QED) is 0.873. The number of nitrogens with zero attached hydrogens (tertiary/aromatic N) is 1. The van der Waals surface area contributed by atoms with Crippen molar-refractivity contribution in [2.45, 2.75) is 25.2 Å². The van der Waals surface area contributed by atoms with Gasteiger partial charge in [-0.1, -0.05) is 29.3 Å². The molecule has 8 heteroatoms. The normalized spacial score (nSPS) is 11.8. The molecule has 1 aromatic carbocycles. The molecule has 0 bridgehead atoms. The van der Waals surface area contributed by atoms with Crippen molar-refractivity contribution in [3.8, 4) is 0 Å². The molecule has 0 fully saturated rings. The fraction of sp³-hybridized carbons (Fsp3) is 0.308. The Hall–Kier alpha value is -1.08. The van der Waals surface area contributed by atoms with E-state index in [1.807, 2.05) is 0 Å². The van der Waals surface area contributed by atoms with Gasteiger partial charge in [0, 0.05) is 16.6 Å². The van der Waals surface area contributed by atoms with E-state index in [0.717, 1.165) is 5.56 Å². The standard InChI is InChI=1S/C13H15Cl2N3O2S/c1-8-13(9(2)18-17-8)21(19,20)16-6-5-10-3-4-11(14)7-12(10)15/h3-4,7,16H,5-6H2,1-2H3,(H,17,18). The van der Waals surface area contributed by atoms with Crippen LogP contribution in [-0.4, -0.2) is 25.2 Å². The van der Waals surface area contributed by atoms with E-state index >= 15 is 0 Å². The second kappa shape index (κ2) is 6.36. The van der Waals surface area contributed by atoms with Gasteiger partial charge >= 0.3 is 0 Å². The first-order valence-electron chi connectivity index (χ1n) is 6.26. The zero-order chi connectivity index (χ0) is 15.6. The number of aryl methyl sites for hydroxylation is 2. The second-order valence-electron chi connectivity index (χ2n) is 4.65. The Balaban J connectivity index is 2.06. The van der Waals surface area contributed by atoms with Gasteiger partial charge in [0.25, 0.3) is 0 Å². The van der Waals surface area contributed by atoms with E-state index in [-0.39, 0.29) is 11.4 Å².